The molecule has 22 heavy (non-hydrogen) atoms. The van der Waals surface area contributed by atoms with Gasteiger partial charge in [0.1, 0.15) is 5.60 Å². The molecular formula is C16H23IN2O3. The van der Waals surface area contributed by atoms with E-state index in [1.165, 1.54) is 4.90 Å². The number of anilines is 1. The molecule has 2 amide bonds. The Hall–Kier alpha value is -1.31. The molecule has 0 fully saturated rings. The van der Waals surface area contributed by atoms with E-state index in [1.54, 1.807) is 7.05 Å². The highest BCUT2D eigenvalue weighted by molar-refractivity contribution is 14.1. The number of hydrogen-bond donors (Lipinski definition) is 1. The Balaban J connectivity index is 2.30. The van der Waals surface area contributed by atoms with Crippen LogP contribution in [0.3, 0.4) is 0 Å². The number of benzene rings is 1. The lowest BCUT2D eigenvalue weighted by Crippen LogP contribution is -2.35. The van der Waals surface area contributed by atoms with E-state index >= 15 is 0 Å². The van der Waals surface area contributed by atoms with E-state index in [1.807, 2.05) is 45.0 Å². The van der Waals surface area contributed by atoms with Crippen molar-refractivity contribution in [1.82, 2.24) is 4.90 Å². The third kappa shape index (κ3) is 7.63. The monoisotopic (exact) mass is 418 g/mol. The van der Waals surface area contributed by atoms with Gasteiger partial charge < -0.3 is 15.0 Å². The second-order valence-corrected chi connectivity index (χ2v) is 7.31. The fourth-order valence-electron chi connectivity index (χ4n) is 1.66. The molecule has 0 heterocycles. The molecule has 0 saturated carbocycles. The molecule has 5 nitrogen and oxygen atoms in total. The van der Waals surface area contributed by atoms with E-state index in [-0.39, 0.29) is 12.0 Å². The molecule has 122 valence electrons. The van der Waals surface area contributed by atoms with Crippen molar-refractivity contribution in [3.8, 4) is 0 Å². The van der Waals surface area contributed by atoms with Crippen LogP contribution in [0.25, 0.3) is 0 Å². The molecule has 1 aromatic rings. The Morgan fingerprint density at radius 2 is 1.82 bits per heavy atom. The average molecular weight is 418 g/mol. The van der Waals surface area contributed by atoms with Gasteiger partial charge in [-0.1, -0.05) is 0 Å². The lowest BCUT2D eigenvalue weighted by Gasteiger charge is -2.24. The minimum atomic E-state index is -0.506. The highest BCUT2D eigenvalue weighted by Crippen LogP contribution is 2.12. The van der Waals surface area contributed by atoms with Crippen molar-refractivity contribution in [3.63, 3.8) is 0 Å². The van der Waals surface area contributed by atoms with Crippen molar-refractivity contribution in [2.75, 3.05) is 18.9 Å². The maximum atomic E-state index is 11.8. The van der Waals surface area contributed by atoms with E-state index in [4.69, 9.17) is 4.74 Å². The summed E-state index contributed by atoms with van der Waals surface area (Å²) in [6.45, 7) is 5.96. The Bertz CT molecular complexity index is 509. The van der Waals surface area contributed by atoms with E-state index in [0.29, 0.717) is 19.4 Å². The first-order valence-corrected chi connectivity index (χ1v) is 8.25. The van der Waals surface area contributed by atoms with Gasteiger partial charge in [-0.25, -0.2) is 4.79 Å². The topological polar surface area (TPSA) is 58.6 Å². The van der Waals surface area contributed by atoms with Crippen LogP contribution < -0.4 is 5.32 Å². The highest BCUT2D eigenvalue weighted by atomic mass is 127. The van der Waals surface area contributed by atoms with Crippen LogP contribution in [0.1, 0.15) is 33.6 Å². The molecule has 1 aromatic carbocycles. The third-order valence-corrected chi connectivity index (χ3v) is 3.45. The number of ether oxygens (including phenoxy) is 1. The van der Waals surface area contributed by atoms with Crippen LogP contribution in [0, 0.1) is 3.57 Å². The summed E-state index contributed by atoms with van der Waals surface area (Å²) in [6, 6.07) is 7.61. The molecular weight excluding hydrogens is 395 g/mol. The number of amides is 2. The Labute approximate surface area is 145 Å². The fraction of sp³-hybridized carbons (Fsp3) is 0.500. The second-order valence-electron chi connectivity index (χ2n) is 6.06. The number of nitrogens with one attached hydrogen (secondary N) is 1. The fourth-order valence-corrected chi connectivity index (χ4v) is 2.02. The molecule has 0 spiro atoms. The molecule has 0 atom stereocenters. The molecule has 6 heteroatoms. The molecule has 0 saturated heterocycles. The van der Waals surface area contributed by atoms with Crippen molar-refractivity contribution in [2.24, 2.45) is 0 Å². The van der Waals surface area contributed by atoms with Gasteiger partial charge in [0.25, 0.3) is 0 Å². The summed E-state index contributed by atoms with van der Waals surface area (Å²) in [7, 11) is 1.67. The molecule has 0 aliphatic heterocycles. The quantitative estimate of drug-likeness (QED) is 0.739. The Kier molecular flexibility index (Phi) is 7.12. The summed E-state index contributed by atoms with van der Waals surface area (Å²) in [5.74, 6) is -0.0567. The molecule has 0 aromatic heterocycles. The van der Waals surface area contributed by atoms with Gasteiger partial charge in [-0.3, -0.25) is 4.79 Å². The Morgan fingerprint density at radius 1 is 1.23 bits per heavy atom. The Morgan fingerprint density at radius 3 is 2.36 bits per heavy atom. The van der Waals surface area contributed by atoms with Crippen LogP contribution in [0.15, 0.2) is 24.3 Å². The first kappa shape index (κ1) is 18.7. The maximum Gasteiger partial charge on any atom is 0.410 e. The van der Waals surface area contributed by atoms with Gasteiger partial charge >= 0.3 is 6.09 Å². The molecule has 0 bridgehead atoms. The van der Waals surface area contributed by atoms with Gasteiger partial charge in [-0.05, 0) is 74.0 Å². The lowest BCUT2D eigenvalue weighted by molar-refractivity contribution is -0.116. The summed E-state index contributed by atoms with van der Waals surface area (Å²) in [5, 5.41) is 2.83. The average Bonchev–Trinajstić information content (AvgIpc) is 2.39. The number of halogens is 1. The zero-order valence-corrected chi connectivity index (χ0v) is 15.6. The second kappa shape index (κ2) is 8.36. The van der Waals surface area contributed by atoms with E-state index in [9.17, 15) is 9.59 Å². The van der Waals surface area contributed by atoms with Crippen LogP contribution >= 0.6 is 22.6 Å². The van der Waals surface area contributed by atoms with E-state index < -0.39 is 5.60 Å². The first-order chi connectivity index (χ1) is 10.2. The predicted octanol–water partition coefficient (Wildman–Crippen LogP) is 3.88. The van der Waals surface area contributed by atoms with Crippen molar-refractivity contribution in [1.29, 1.82) is 0 Å². The summed E-state index contributed by atoms with van der Waals surface area (Å²) in [4.78, 5) is 25.1. The number of carbonyl (C=O) groups is 2. The zero-order chi connectivity index (χ0) is 16.8. The molecule has 0 aliphatic rings. The number of nitrogens with zero attached hydrogens (tertiary/aromatic N) is 1. The van der Waals surface area contributed by atoms with E-state index in [0.717, 1.165) is 9.26 Å². The lowest BCUT2D eigenvalue weighted by atomic mass is 10.2. The summed E-state index contributed by atoms with van der Waals surface area (Å²) < 4.78 is 6.37. The normalized spacial score (nSPS) is 11.0. The van der Waals surface area contributed by atoms with Crippen LogP contribution in [0.5, 0.6) is 0 Å². The van der Waals surface area contributed by atoms with Crippen molar-refractivity contribution in [3.05, 3.63) is 27.8 Å². The van der Waals surface area contributed by atoms with Gasteiger partial charge in [0, 0.05) is 29.3 Å². The van der Waals surface area contributed by atoms with Crippen LogP contribution in [-0.2, 0) is 9.53 Å². The SMILES string of the molecule is CN(CCCC(=O)Nc1ccc(I)cc1)C(=O)OC(C)(C)C. The van der Waals surface area contributed by atoms with Gasteiger partial charge in [0.2, 0.25) is 5.91 Å². The van der Waals surface area contributed by atoms with Crippen molar-refractivity contribution < 1.29 is 14.3 Å². The maximum absolute atomic E-state index is 11.8. The molecule has 1 rings (SSSR count). The predicted molar refractivity (Wildman–Crippen MR) is 95.9 cm³/mol. The van der Waals surface area contributed by atoms with Gasteiger partial charge in [0.05, 0.1) is 0 Å². The van der Waals surface area contributed by atoms with Gasteiger partial charge in [0.15, 0.2) is 0 Å². The number of carbonyl (C=O) groups excluding carboxylic acids is 2. The standard InChI is InChI=1S/C16H23IN2O3/c1-16(2,3)22-15(21)19(4)11-5-6-14(20)18-13-9-7-12(17)8-10-13/h7-10H,5-6,11H2,1-4H3,(H,18,20). The molecule has 0 unspecified atom stereocenters. The van der Waals surface area contributed by atoms with Gasteiger partial charge in [-0.15, -0.1) is 0 Å². The highest BCUT2D eigenvalue weighted by Gasteiger charge is 2.19. The van der Waals surface area contributed by atoms with Crippen LogP contribution in [0.2, 0.25) is 0 Å². The first-order valence-electron chi connectivity index (χ1n) is 7.17. The minimum absolute atomic E-state index is 0.0567. The minimum Gasteiger partial charge on any atom is -0.444 e. The largest absolute Gasteiger partial charge is 0.444 e. The van der Waals surface area contributed by atoms with Crippen LogP contribution in [-0.4, -0.2) is 36.1 Å². The van der Waals surface area contributed by atoms with Crippen molar-refractivity contribution >= 4 is 40.3 Å². The zero-order valence-electron chi connectivity index (χ0n) is 13.5. The number of rotatable bonds is 5. The number of hydrogen-bond acceptors (Lipinski definition) is 3. The summed E-state index contributed by atoms with van der Waals surface area (Å²) >= 11 is 2.21. The summed E-state index contributed by atoms with van der Waals surface area (Å²) in [6.07, 6.45) is 0.580. The molecule has 0 radical (unpaired) electrons. The van der Waals surface area contributed by atoms with E-state index in [2.05, 4.69) is 27.9 Å². The summed E-state index contributed by atoms with van der Waals surface area (Å²) in [5.41, 5.74) is 0.277. The van der Waals surface area contributed by atoms with Crippen LogP contribution in [0.4, 0.5) is 10.5 Å². The van der Waals surface area contributed by atoms with Crippen molar-refractivity contribution in [2.45, 2.75) is 39.2 Å². The third-order valence-electron chi connectivity index (χ3n) is 2.73. The smallest absolute Gasteiger partial charge is 0.410 e. The van der Waals surface area contributed by atoms with Gasteiger partial charge in [-0.2, -0.15) is 0 Å². The molecule has 1 N–H and O–H groups in total. The molecule has 0 aliphatic carbocycles.